The summed E-state index contributed by atoms with van der Waals surface area (Å²) in [5.74, 6) is 2.14. The minimum Gasteiger partial charge on any atom is -0.461 e. The Morgan fingerprint density at radius 3 is 2.90 bits per heavy atom. The second-order valence-corrected chi connectivity index (χ2v) is 5.30. The van der Waals surface area contributed by atoms with Crippen LogP contribution in [0.25, 0.3) is 22.6 Å². The van der Waals surface area contributed by atoms with Gasteiger partial charge in [-0.05, 0) is 24.3 Å². The van der Waals surface area contributed by atoms with Crippen molar-refractivity contribution >= 4 is 22.8 Å². The highest BCUT2D eigenvalue weighted by molar-refractivity contribution is 7.98. The van der Waals surface area contributed by atoms with Gasteiger partial charge in [-0.15, -0.1) is 0 Å². The number of imidazole rings is 1. The maximum absolute atomic E-state index is 5.23. The van der Waals surface area contributed by atoms with E-state index in [1.165, 1.54) is 11.8 Å². The van der Waals surface area contributed by atoms with E-state index in [0.717, 1.165) is 16.2 Å². The van der Waals surface area contributed by atoms with E-state index >= 15 is 0 Å². The summed E-state index contributed by atoms with van der Waals surface area (Å²) >= 11 is 1.52. The number of nitrogens with zero attached hydrogens (tertiary/aromatic N) is 3. The molecule has 1 aromatic carbocycles. The molecule has 0 saturated carbocycles. The fourth-order valence-electron chi connectivity index (χ4n) is 1.95. The molecule has 0 unspecified atom stereocenters. The summed E-state index contributed by atoms with van der Waals surface area (Å²) in [5, 5.41) is 4.72. The van der Waals surface area contributed by atoms with Crippen molar-refractivity contribution in [2.24, 2.45) is 0 Å². The second kappa shape index (κ2) is 5.10. The van der Waals surface area contributed by atoms with Gasteiger partial charge >= 0.3 is 0 Å². The van der Waals surface area contributed by atoms with Gasteiger partial charge in [-0.3, -0.25) is 0 Å². The molecular weight excluding hydrogens is 288 g/mol. The lowest BCUT2D eigenvalue weighted by atomic mass is 10.3. The predicted octanol–water partition coefficient (Wildman–Crippen LogP) is 3.50. The smallest absolute Gasteiger partial charge is 0.238 e. The summed E-state index contributed by atoms with van der Waals surface area (Å²) in [6.07, 6.45) is 1.58. The van der Waals surface area contributed by atoms with Gasteiger partial charge < -0.3 is 13.9 Å². The van der Waals surface area contributed by atoms with Crippen LogP contribution in [0.3, 0.4) is 0 Å². The number of aromatic amines is 1. The second-order valence-electron chi connectivity index (χ2n) is 4.34. The summed E-state index contributed by atoms with van der Waals surface area (Å²) < 4.78 is 10.4. The molecule has 4 rings (SSSR count). The Bertz CT molecular complexity index is 833. The van der Waals surface area contributed by atoms with Crippen LogP contribution in [0, 0.1) is 0 Å². The average molecular weight is 298 g/mol. The molecule has 0 saturated heterocycles. The SMILES string of the molecule is c1coc(-c2noc(CSc3nc4ccccc4[nH]3)n2)c1. The lowest BCUT2D eigenvalue weighted by Gasteiger charge is -1.90. The van der Waals surface area contributed by atoms with Crippen molar-refractivity contribution in [1.29, 1.82) is 0 Å². The van der Waals surface area contributed by atoms with Crippen LogP contribution in [0.1, 0.15) is 5.89 Å². The Morgan fingerprint density at radius 2 is 2.05 bits per heavy atom. The molecule has 0 fully saturated rings. The van der Waals surface area contributed by atoms with E-state index in [4.69, 9.17) is 8.94 Å². The Hall–Kier alpha value is -2.54. The molecule has 3 aromatic heterocycles. The zero-order chi connectivity index (χ0) is 14.1. The Kier molecular flexibility index (Phi) is 2.97. The van der Waals surface area contributed by atoms with Crippen molar-refractivity contribution in [2.75, 3.05) is 0 Å². The number of thioether (sulfide) groups is 1. The third kappa shape index (κ3) is 2.43. The summed E-state index contributed by atoms with van der Waals surface area (Å²) in [5.41, 5.74) is 1.96. The molecule has 21 heavy (non-hydrogen) atoms. The van der Waals surface area contributed by atoms with Crippen LogP contribution in [0.2, 0.25) is 0 Å². The van der Waals surface area contributed by atoms with Gasteiger partial charge in [0.05, 0.1) is 23.0 Å². The maximum Gasteiger partial charge on any atom is 0.238 e. The molecule has 0 aliphatic heterocycles. The summed E-state index contributed by atoms with van der Waals surface area (Å²) in [7, 11) is 0. The molecule has 0 aliphatic rings. The van der Waals surface area contributed by atoms with Gasteiger partial charge in [-0.25, -0.2) is 4.98 Å². The van der Waals surface area contributed by atoms with Crippen molar-refractivity contribution in [3.05, 3.63) is 48.6 Å². The highest BCUT2D eigenvalue weighted by Gasteiger charge is 2.12. The van der Waals surface area contributed by atoms with Gasteiger partial charge in [0.25, 0.3) is 0 Å². The van der Waals surface area contributed by atoms with Crippen molar-refractivity contribution in [2.45, 2.75) is 10.9 Å². The van der Waals surface area contributed by atoms with Gasteiger partial charge in [-0.1, -0.05) is 29.1 Å². The van der Waals surface area contributed by atoms with Crippen LogP contribution in [-0.2, 0) is 5.75 Å². The van der Waals surface area contributed by atoms with Crippen LogP contribution in [-0.4, -0.2) is 20.1 Å². The van der Waals surface area contributed by atoms with E-state index < -0.39 is 0 Å². The molecule has 0 amide bonds. The van der Waals surface area contributed by atoms with E-state index in [1.807, 2.05) is 24.3 Å². The lowest BCUT2D eigenvalue weighted by molar-refractivity contribution is 0.390. The lowest BCUT2D eigenvalue weighted by Crippen LogP contribution is -1.82. The molecule has 0 aliphatic carbocycles. The first kappa shape index (κ1) is 12.2. The average Bonchev–Trinajstić information content (AvgIpc) is 3.23. The van der Waals surface area contributed by atoms with Gasteiger partial charge in [0.2, 0.25) is 11.7 Å². The normalized spacial score (nSPS) is 11.2. The van der Waals surface area contributed by atoms with E-state index in [9.17, 15) is 0 Å². The number of hydrogen-bond acceptors (Lipinski definition) is 6. The van der Waals surface area contributed by atoms with Gasteiger partial charge in [0, 0.05) is 0 Å². The number of benzene rings is 1. The van der Waals surface area contributed by atoms with Crippen LogP contribution < -0.4 is 0 Å². The first-order valence-electron chi connectivity index (χ1n) is 6.32. The predicted molar refractivity (Wildman–Crippen MR) is 77.7 cm³/mol. The number of H-pyrrole nitrogens is 1. The van der Waals surface area contributed by atoms with E-state index in [1.54, 1.807) is 18.4 Å². The fourth-order valence-corrected chi connectivity index (χ4v) is 2.67. The number of fused-ring (bicyclic) bond motifs is 1. The molecule has 0 bridgehead atoms. The molecule has 4 aromatic rings. The molecular formula is C14H10N4O2S. The third-order valence-electron chi connectivity index (χ3n) is 2.91. The topological polar surface area (TPSA) is 80.7 Å². The first-order valence-corrected chi connectivity index (χ1v) is 7.31. The molecule has 0 radical (unpaired) electrons. The van der Waals surface area contributed by atoms with Crippen LogP contribution in [0.4, 0.5) is 0 Å². The van der Waals surface area contributed by atoms with Gasteiger partial charge in [-0.2, -0.15) is 4.98 Å². The Balaban J connectivity index is 1.49. The van der Waals surface area contributed by atoms with Crippen molar-refractivity contribution in [3.63, 3.8) is 0 Å². The molecule has 0 atom stereocenters. The van der Waals surface area contributed by atoms with Crippen molar-refractivity contribution < 1.29 is 8.94 Å². The van der Waals surface area contributed by atoms with Crippen LogP contribution in [0.15, 0.2) is 56.8 Å². The molecule has 104 valence electrons. The molecule has 6 nitrogen and oxygen atoms in total. The van der Waals surface area contributed by atoms with Gasteiger partial charge in [0.15, 0.2) is 10.9 Å². The number of aromatic nitrogens is 4. The zero-order valence-electron chi connectivity index (χ0n) is 10.8. The number of para-hydroxylation sites is 2. The number of nitrogens with one attached hydrogen (secondary N) is 1. The summed E-state index contributed by atoms with van der Waals surface area (Å²) in [6, 6.07) is 11.5. The van der Waals surface area contributed by atoms with Crippen molar-refractivity contribution in [1.82, 2.24) is 20.1 Å². The molecule has 1 N–H and O–H groups in total. The maximum atomic E-state index is 5.23. The molecule has 0 spiro atoms. The number of furan rings is 1. The Morgan fingerprint density at radius 1 is 1.10 bits per heavy atom. The van der Waals surface area contributed by atoms with Gasteiger partial charge in [0.1, 0.15) is 0 Å². The summed E-state index contributed by atoms with van der Waals surface area (Å²) in [4.78, 5) is 12.0. The summed E-state index contributed by atoms with van der Waals surface area (Å²) in [6.45, 7) is 0. The number of hydrogen-bond donors (Lipinski definition) is 1. The fraction of sp³-hybridized carbons (Fsp3) is 0.0714. The third-order valence-corrected chi connectivity index (χ3v) is 3.77. The van der Waals surface area contributed by atoms with E-state index in [-0.39, 0.29) is 0 Å². The largest absolute Gasteiger partial charge is 0.461 e. The monoisotopic (exact) mass is 298 g/mol. The quantitative estimate of drug-likeness (QED) is 0.581. The van der Waals surface area contributed by atoms with Crippen molar-refractivity contribution in [3.8, 4) is 11.6 Å². The highest BCUT2D eigenvalue weighted by atomic mass is 32.2. The molecule has 7 heteroatoms. The van der Waals surface area contributed by atoms with E-state index in [2.05, 4.69) is 20.1 Å². The molecule has 3 heterocycles. The van der Waals surface area contributed by atoms with Crippen LogP contribution >= 0.6 is 11.8 Å². The standard InChI is InChI=1S/C14H10N4O2S/c1-2-5-10-9(4-1)15-14(16-10)21-8-12-17-13(18-20-12)11-6-3-7-19-11/h1-7H,8H2,(H,15,16). The zero-order valence-corrected chi connectivity index (χ0v) is 11.6. The minimum absolute atomic E-state index is 0.459. The van der Waals surface area contributed by atoms with E-state index in [0.29, 0.717) is 23.2 Å². The van der Waals surface area contributed by atoms with Crippen LogP contribution in [0.5, 0.6) is 0 Å². The minimum atomic E-state index is 0.459. The Labute approximate surface area is 123 Å². The number of rotatable bonds is 4. The highest BCUT2D eigenvalue weighted by Crippen LogP contribution is 2.23. The first-order chi connectivity index (χ1) is 10.4.